The molecule has 1 aliphatic rings. The lowest BCUT2D eigenvalue weighted by Gasteiger charge is -2.30. The molecule has 5 aromatic carbocycles. The fraction of sp³-hybridized carbons (Fsp3) is 0.0882. The van der Waals surface area contributed by atoms with Crippen LogP contribution in [0.1, 0.15) is 16.7 Å². The lowest BCUT2D eigenvalue weighted by atomic mass is 9.93. The first-order valence-corrected chi connectivity index (χ1v) is 12.4. The van der Waals surface area contributed by atoms with Gasteiger partial charge in [-0.2, -0.15) is 0 Å². The number of piperidine rings is 1. The summed E-state index contributed by atoms with van der Waals surface area (Å²) < 4.78 is 0. The first kappa shape index (κ1) is 22.2. The van der Waals surface area contributed by atoms with E-state index >= 15 is 0 Å². The number of carbonyl (C=O) groups excluding carboxylic acids is 1. The number of carbonyl (C=O) groups is 1. The summed E-state index contributed by atoms with van der Waals surface area (Å²) in [5, 5.41) is 4.78. The van der Waals surface area contributed by atoms with Crippen molar-refractivity contribution in [3.63, 3.8) is 0 Å². The maximum Gasteiger partial charge on any atom is 0.187 e. The molecule has 2 nitrogen and oxygen atoms in total. The maximum absolute atomic E-state index is 13.7. The van der Waals surface area contributed by atoms with Gasteiger partial charge in [-0.25, -0.2) is 0 Å². The van der Waals surface area contributed by atoms with Crippen molar-refractivity contribution >= 4 is 39.5 Å². The predicted molar refractivity (Wildman–Crippen MR) is 151 cm³/mol. The Morgan fingerprint density at radius 2 is 1.03 bits per heavy atom. The average Bonchev–Trinajstić information content (AvgIpc) is 2.92. The Labute approximate surface area is 211 Å². The average molecular weight is 466 g/mol. The number of likely N-dealkylation sites (tertiary alicyclic amines) is 1. The van der Waals surface area contributed by atoms with E-state index in [9.17, 15) is 4.79 Å². The summed E-state index contributed by atoms with van der Waals surface area (Å²) in [6, 6.07) is 39.9. The Morgan fingerprint density at radius 1 is 0.556 bits per heavy atom. The van der Waals surface area contributed by atoms with E-state index in [0.717, 1.165) is 28.8 Å². The predicted octanol–water partition coefficient (Wildman–Crippen LogP) is 7.54. The molecule has 2 heteroatoms. The number of hydrogen-bond donors (Lipinski definition) is 0. The minimum Gasteiger partial charge on any atom is -0.290 e. The van der Waals surface area contributed by atoms with Gasteiger partial charge in [0.05, 0.1) is 0 Å². The molecule has 6 rings (SSSR count). The van der Waals surface area contributed by atoms with Crippen molar-refractivity contribution in [1.29, 1.82) is 0 Å². The normalized spacial score (nSPS) is 16.8. The Kier molecular flexibility index (Phi) is 6.03. The monoisotopic (exact) mass is 465 g/mol. The van der Waals surface area contributed by atoms with Crippen LogP contribution < -0.4 is 0 Å². The first-order chi connectivity index (χ1) is 17.7. The molecule has 1 aliphatic heterocycles. The van der Waals surface area contributed by atoms with Crippen LogP contribution in [0.25, 0.3) is 33.7 Å². The van der Waals surface area contributed by atoms with Gasteiger partial charge in [0.25, 0.3) is 0 Å². The number of benzene rings is 5. The summed E-state index contributed by atoms with van der Waals surface area (Å²) in [7, 11) is 0. The highest BCUT2D eigenvalue weighted by Crippen LogP contribution is 2.26. The van der Waals surface area contributed by atoms with Gasteiger partial charge in [-0.15, -0.1) is 0 Å². The molecule has 0 unspecified atom stereocenters. The molecule has 0 aromatic heterocycles. The number of Topliss-reactive ketones (excluding diaryl/α,β-unsaturated/α-hetero) is 1. The molecular formula is C34H27NO. The van der Waals surface area contributed by atoms with Gasteiger partial charge in [-0.1, -0.05) is 103 Å². The van der Waals surface area contributed by atoms with Crippen LogP contribution in [-0.4, -0.2) is 23.8 Å². The lowest BCUT2D eigenvalue weighted by molar-refractivity contribution is -0.113. The van der Waals surface area contributed by atoms with Crippen LogP contribution in [0.4, 0.5) is 0 Å². The molecule has 5 aromatic rings. The van der Waals surface area contributed by atoms with Crippen molar-refractivity contribution in [2.45, 2.75) is 6.54 Å². The summed E-state index contributed by atoms with van der Waals surface area (Å²) in [5.74, 6) is 0.139. The van der Waals surface area contributed by atoms with Gasteiger partial charge in [0, 0.05) is 30.8 Å². The zero-order valence-electron chi connectivity index (χ0n) is 20.1. The third-order valence-electron chi connectivity index (χ3n) is 6.85. The molecule has 0 aliphatic carbocycles. The Hall–Kier alpha value is -4.27. The second-order valence-electron chi connectivity index (χ2n) is 9.51. The highest BCUT2D eigenvalue weighted by molar-refractivity contribution is 6.14. The third-order valence-corrected chi connectivity index (χ3v) is 6.85. The summed E-state index contributed by atoms with van der Waals surface area (Å²) in [6.45, 7) is 2.07. The number of nitrogens with zero attached hydrogens (tertiary/aromatic N) is 1. The summed E-state index contributed by atoms with van der Waals surface area (Å²) in [6.07, 6.45) is 4.14. The van der Waals surface area contributed by atoms with Crippen molar-refractivity contribution in [2.24, 2.45) is 0 Å². The molecular weight excluding hydrogens is 438 g/mol. The Bertz CT molecular complexity index is 1530. The van der Waals surface area contributed by atoms with E-state index in [4.69, 9.17) is 0 Å². The maximum atomic E-state index is 13.7. The summed E-state index contributed by atoms with van der Waals surface area (Å²) in [4.78, 5) is 16.1. The fourth-order valence-electron chi connectivity index (χ4n) is 5.06. The van der Waals surface area contributed by atoms with E-state index < -0.39 is 0 Å². The molecule has 36 heavy (non-hydrogen) atoms. The smallest absolute Gasteiger partial charge is 0.187 e. The van der Waals surface area contributed by atoms with Gasteiger partial charge in [0.1, 0.15) is 0 Å². The second-order valence-corrected chi connectivity index (χ2v) is 9.51. The van der Waals surface area contributed by atoms with E-state index in [2.05, 4.69) is 126 Å². The van der Waals surface area contributed by atoms with Gasteiger partial charge in [-0.3, -0.25) is 9.69 Å². The Morgan fingerprint density at radius 3 is 1.56 bits per heavy atom. The largest absolute Gasteiger partial charge is 0.290 e. The third kappa shape index (κ3) is 4.77. The van der Waals surface area contributed by atoms with Crippen molar-refractivity contribution in [3.8, 4) is 0 Å². The topological polar surface area (TPSA) is 20.3 Å². The minimum atomic E-state index is 0.139. The standard InChI is InChI=1S/C34H27NO/c36-34-32(20-26-14-16-28-10-4-6-12-30(28)18-26)23-35(22-25-8-2-1-3-9-25)24-33(34)21-27-15-17-29-11-5-7-13-31(29)19-27/h1-21H,22-24H2/b32-20-,33-21-. The lowest BCUT2D eigenvalue weighted by Crippen LogP contribution is -2.37. The number of fused-ring (bicyclic) bond motifs is 2. The van der Waals surface area contributed by atoms with E-state index in [1.54, 1.807) is 0 Å². The molecule has 0 atom stereocenters. The first-order valence-electron chi connectivity index (χ1n) is 12.4. The molecule has 0 spiro atoms. The van der Waals surface area contributed by atoms with Gasteiger partial charge < -0.3 is 0 Å². The van der Waals surface area contributed by atoms with Gasteiger partial charge >= 0.3 is 0 Å². The molecule has 1 heterocycles. The van der Waals surface area contributed by atoms with Crippen molar-refractivity contribution in [1.82, 2.24) is 4.90 Å². The van der Waals surface area contributed by atoms with Gasteiger partial charge in [0.15, 0.2) is 5.78 Å². The van der Waals surface area contributed by atoms with Crippen molar-refractivity contribution in [2.75, 3.05) is 13.1 Å². The highest BCUT2D eigenvalue weighted by atomic mass is 16.1. The second kappa shape index (κ2) is 9.77. The molecule has 1 saturated heterocycles. The van der Waals surface area contributed by atoms with Crippen molar-refractivity contribution in [3.05, 3.63) is 143 Å². The number of ketones is 1. The molecule has 0 bridgehead atoms. The van der Waals surface area contributed by atoms with Crippen LogP contribution >= 0.6 is 0 Å². The van der Waals surface area contributed by atoms with Gasteiger partial charge in [-0.05, 0) is 62.5 Å². The molecule has 0 radical (unpaired) electrons. The number of rotatable bonds is 4. The fourth-order valence-corrected chi connectivity index (χ4v) is 5.06. The van der Waals surface area contributed by atoms with Crippen molar-refractivity contribution < 1.29 is 4.79 Å². The molecule has 0 amide bonds. The van der Waals surface area contributed by atoms with Crippen LogP contribution in [-0.2, 0) is 11.3 Å². The summed E-state index contributed by atoms with van der Waals surface area (Å²) >= 11 is 0. The molecule has 0 saturated carbocycles. The van der Waals surface area contributed by atoms with E-state index in [1.807, 2.05) is 6.07 Å². The van der Waals surface area contributed by atoms with Crippen LogP contribution in [0, 0.1) is 0 Å². The van der Waals surface area contributed by atoms with Crippen LogP contribution in [0.2, 0.25) is 0 Å². The molecule has 1 fully saturated rings. The zero-order valence-corrected chi connectivity index (χ0v) is 20.1. The van der Waals surface area contributed by atoms with E-state index in [0.29, 0.717) is 13.1 Å². The summed E-state index contributed by atoms with van der Waals surface area (Å²) in [5.41, 5.74) is 5.04. The van der Waals surface area contributed by atoms with Crippen LogP contribution in [0.3, 0.4) is 0 Å². The minimum absolute atomic E-state index is 0.139. The molecule has 174 valence electrons. The Balaban J connectivity index is 1.38. The van der Waals surface area contributed by atoms with E-state index in [1.165, 1.54) is 27.1 Å². The molecule has 0 N–H and O–H groups in total. The van der Waals surface area contributed by atoms with E-state index in [-0.39, 0.29) is 5.78 Å². The number of hydrogen-bond acceptors (Lipinski definition) is 2. The highest BCUT2D eigenvalue weighted by Gasteiger charge is 2.26. The van der Waals surface area contributed by atoms with Crippen LogP contribution in [0.5, 0.6) is 0 Å². The van der Waals surface area contributed by atoms with Gasteiger partial charge in [0.2, 0.25) is 0 Å². The quantitative estimate of drug-likeness (QED) is 0.256. The zero-order chi connectivity index (χ0) is 24.3. The SMILES string of the molecule is O=C1/C(=C\c2ccc3ccccc3c2)CN(Cc2ccccc2)C/C1=C/c1ccc2ccccc2c1. The van der Waals surface area contributed by atoms with Crippen LogP contribution in [0.15, 0.2) is 126 Å².